The number of halogens is 1. The maximum Gasteiger partial charge on any atom is 0.342 e. The van der Waals surface area contributed by atoms with E-state index in [1.54, 1.807) is 31.2 Å². The zero-order valence-electron chi connectivity index (χ0n) is 13.0. The van der Waals surface area contributed by atoms with Gasteiger partial charge >= 0.3 is 5.97 Å². The molecule has 3 N–H and O–H groups in total. The predicted molar refractivity (Wildman–Crippen MR) is 90.0 cm³/mol. The van der Waals surface area contributed by atoms with Crippen molar-refractivity contribution in [3.8, 4) is 0 Å². The minimum absolute atomic E-state index is 0.0909. The molecule has 0 fully saturated rings. The van der Waals surface area contributed by atoms with Crippen LogP contribution >= 0.6 is 15.9 Å². The highest BCUT2D eigenvalue weighted by atomic mass is 79.9. The molecule has 2 aromatic rings. The van der Waals surface area contributed by atoms with Crippen LogP contribution in [0.5, 0.6) is 0 Å². The first-order valence-electron chi connectivity index (χ1n) is 7.03. The summed E-state index contributed by atoms with van der Waals surface area (Å²) in [6, 6.07) is 6.73. The monoisotopic (exact) mass is 394 g/mol. The Labute approximate surface area is 146 Å². The summed E-state index contributed by atoms with van der Waals surface area (Å²) in [6.45, 7) is 3.24. The molecule has 0 atom stereocenters. The van der Waals surface area contributed by atoms with Gasteiger partial charge in [0.05, 0.1) is 12.2 Å². The van der Waals surface area contributed by atoms with Gasteiger partial charge in [0.15, 0.2) is 0 Å². The number of carbonyl (C=O) groups is 3. The molecule has 0 bridgehead atoms. The van der Waals surface area contributed by atoms with Crippen LogP contribution in [0.2, 0.25) is 0 Å². The minimum atomic E-state index is -0.905. The molecule has 8 heteroatoms. The van der Waals surface area contributed by atoms with Crippen molar-refractivity contribution in [1.29, 1.82) is 0 Å². The van der Waals surface area contributed by atoms with Crippen molar-refractivity contribution in [3.05, 3.63) is 51.2 Å². The lowest BCUT2D eigenvalue weighted by Gasteiger charge is -2.06. The zero-order chi connectivity index (χ0) is 17.9. The molecular formula is C16H15BrN2O5. The molecular weight excluding hydrogens is 380 g/mol. The molecule has 0 unspecified atom stereocenters. The van der Waals surface area contributed by atoms with Crippen molar-refractivity contribution < 1.29 is 23.5 Å². The number of hydrogen-bond acceptors (Lipinski definition) is 5. The van der Waals surface area contributed by atoms with Gasteiger partial charge in [0.25, 0.3) is 11.8 Å². The third-order valence-corrected chi connectivity index (χ3v) is 3.85. The van der Waals surface area contributed by atoms with Gasteiger partial charge in [0.1, 0.15) is 16.9 Å². The van der Waals surface area contributed by atoms with Crippen LogP contribution in [0.1, 0.15) is 43.8 Å². The third kappa shape index (κ3) is 3.48. The number of benzene rings is 1. The summed E-state index contributed by atoms with van der Waals surface area (Å²) in [7, 11) is 0. The molecule has 0 aliphatic rings. The number of esters is 1. The van der Waals surface area contributed by atoms with Gasteiger partial charge in [0, 0.05) is 4.47 Å². The van der Waals surface area contributed by atoms with Gasteiger partial charge < -0.3 is 14.9 Å². The molecule has 2 rings (SSSR count). The summed E-state index contributed by atoms with van der Waals surface area (Å²) in [6.07, 6.45) is 0. The van der Waals surface area contributed by atoms with E-state index in [0.717, 1.165) is 0 Å². The maximum atomic E-state index is 12.4. The van der Waals surface area contributed by atoms with Crippen molar-refractivity contribution in [3.63, 3.8) is 0 Å². The summed E-state index contributed by atoms with van der Waals surface area (Å²) in [5, 5.41) is 2.46. The lowest BCUT2D eigenvalue weighted by atomic mass is 10.1. The highest BCUT2D eigenvalue weighted by Gasteiger charge is 2.29. The number of primary amides is 1. The summed E-state index contributed by atoms with van der Waals surface area (Å²) < 4.78 is 10.8. The number of aryl methyl sites for hydroxylation is 1. The van der Waals surface area contributed by atoms with Crippen LogP contribution in [0.3, 0.4) is 0 Å². The van der Waals surface area contributed by atoms with E-state index in [4.69, 9.17) is 14.9 Å². The lowest BCUT2D eigenvalue weighted by Crippen LogP contribution is -2.20. The average Bonchev–Trinajstić information content (AvgIpc) is 2.84. The molecule has 24 heavy (non-hydrogen) atoms. The molecule has 1 heterocycles. The van der Waals surface area contributed by atoms with Gasteiger partial charge in [-0.2, -0.15) is 0 Å². The zero-order valence-corrected chi connectivity index (χ0v) is 14.6. The third-order valence-electron chi connectivity index (χ3n) is 3.16. The Morgan fingerprint density at radius 3 is 2.50 bits per heavy atom. The molecule has 0 saturated carbocycles. The van der Waals surface area contributed by atoms with Gasteiger partial charge in [-0.15, -0.1) is 0 Å². The Kier molecular flexibility index (Phi) is 5.40. The molecule has 0 aliphatic carbocycles. The number of nitrogens with one attached hydrogen (secondary N) is 1. The molecule has 126 valence electrons. The number of anilines is 1. The standard InChI is InChI=1S/C16H15BrN2O5/c1-3-23-16(22)11-8(2)24-15(12(11)13(18)20)19-14(21)9-6-4-5-7-10(9)17/h4-7H,3H2,1-2H3,(H2,18,20)(H,19,21). The fraction of sp³-hybridized carbons (Fsp3) is 0.188. The van der Waals surface area contributed by atoms with Crippen LogP contribution in [0.25, 0.3) is 0 Å². The molecule has 1 aromatic carbocycles. The van der Waals surface area contributed by atoms with Crippen LogP contribution in [-0.4, -0.2) is 24.4 Å². The predicted octanol–water partition coefficient (Wildman–Crippen LogP) is 2.88. The Hall–Kier alpha value is -2.61. The van der Waals surface area contributed by atoms with E-state index in [2.05, 4.69) is 21.2 Å². The van der Waals surface area contributed by atoms with E-state index < -0.39 is 17.8 Å². The van der Waals surface area contributed by atoms with E-state index in [0.29, 0.717) is 10.0 Å². The quantitative estimate of drug-likeness (QED) is 0.757. The van der Waals surface area contributed by atoms with E-state index in [-0.39, 0.29) is 29.4 Å². The van der Waals surface area contributed by atoms with Gasteiger partial charge in [-0.05, 0) is 41.9 Å². The van der Waals surface area contributed by atoms with Crippen molar-refractivity contribution in [2.24, 2.45) is 5.73 Å². The lowest BCUT2D eigenvalue weighted by molar-refractivity contribution is 0.0521. The SMILES string of the molecule is CCOC(=O)c1c(C)oc(NC(=O)c2ccccc2Br)c1C(N)=O. The van der Waals surface area contributed by atoms with Gasteiger partial charge in [-0.25, -0.2) is 4.79 Å². The molecule has 0 saturated heterocycles. The number of rotatable bonds is 5. The van der Waals surface area contributed by atoms with Crippen LogP contribution < -0.4 is 11.1 Å². The summed E-state index contributed by atoms with van der Waals surface area (Å²) >= 11 is 3.26. The molecule has 0 radical (unpaired) electrons. The number of amides is 2. The smallest absolute Gasteiger partial charge is 0.342 e. The maximum absolute atomic E-state index is 12.4. The molecule has 7 nitrogen and oxygen atoms in total. The van der Waals surface area contributed by atoms with E-state index in [1.165, 1.54) is 6.92 Å². The second-order valence-electron chi connectivity index (χ2n) is 4.76. The fourth-order valence-corrected chi connectivity index (χ4v) is 2.60. The first kappa shape index (κ1) is 17.7. The average molecular weight is 395 g/mol. The first-order chi connectivity index (χ1) is 11.4. The Morgan fingerprint density at radius 1 is 1.25 bits per heavy atom. The first-order valence-corrected chi connectivity index (χ1v) is 7.82. The van der Waals surface area contributed by atoms with E-state index in [1.807, 2.05) is 0 Å². The Morgan fingerprint density at radius 2 is 1.92 bits per heavy atom. The van der Waals surface area contributed by atoms with Gasteiger partial charge in [0.2, 0.25) is 5.88 Å². The largest absolute Gasteiger partial charge is 0.462 e. The van der Waals surface area contributed by atoms with E-state index >= 15 is 0 Å². The highest BCUT2D eigenvalue weighted by molar-refractivity contribution is 9.10. The topological polar surface area (TPSA) is 112 Å². The van der Waals surface area contributed by atoms with Crippen molar-refractivity contribution in [1.82, 2.24) is 0 Å². The number of furan rings is 1. The minimum Gasteiger partial charge on any atom is -0.462 e. The molecule has 0 spiro atoms. The normalized spacial score (nSPS) is 10.3. The number of ether oxygens (including phenoxy) is 1. The molecule has 2 amide bonds. The van der Waals surface area contributed by atoms with Crippen LogP contribution in [0, 0.1) is 6.92 Å². The number of carbonyl (C=O) groups excluding carboxylic acids is 3. The number of nitrogens with two attached hydrogens (primary N) is 1. The van der Waals surface area contributed by atoms with Crippen molar-refractivity contribution >= 4 is 39.6 Å². The van der Waals surface area contributed by atoms with E-state index in [9.17, 15) is 14.4 Å². The highest BCUT2D eigenvalue weighted by Crippen LogP contribution is 2.28. The molecule has 0 aliphatic heterocycles. The van der Waals surface area contributed by atoms with Crippen molar-refractivity contribution in [2.75, 3.05) is 11.9 Å². The van der Waals surface area contributed by atoms with Crippen LogP contribution in [0.4, 0.5) is 5.88 Å². The fourth-order valence-electron chi connectivity index (χ4n) is 2.13. The second kappa shape index (κ2) is 7.31. The Balaban J connectivity index is 2.43. The summed E-state index contributed by atoms with van der Waals surface area (Å²) in [5.41, 5.74) is 5.37. The van der Waals surface area contributed by atoms with Gasteiger partial charge in [-0.3, -0.25) is 14.9 Å². The summed E-state index contributed by atoms with van der Waals surface area (Å²) in [4.78, 5) is 36.1. The Bertz CT molecular complexity index is 813. The molecule has 1 aromatic heterocycles. The van der Waals surface area contributed by atoms with Crippen LogP contribution in [0.15, 0.2) is 33.2 Å². The van der Waals surface area contributed by atoms with Gasteiger partial charge in [-0.1, -0.05) is 12.1 Å². The summed E-state index contributed by atoms with van der Waals surface area (Å²) in [5.74, 6) is -2.23. The van der Waals surface area contributed by atoms with Crippen LogP contribution in [-0.2, 0) is 4.74 Å². The number of hydrogen-bond donors (Lipinski definition) is 2. The van der Waals surface area contributed by atoms with Crippen molar-refractivity contribution in [2.45, 2.75) is 13.8 Å². The second-order valence-corrected chi connectivity index (χ2v) is 5.61.